The first-order valence-corrected chi connectivity index (χ1v) is 7.67. The number of nitrogens with one attached hydrogen (secondary N) is 1. The number of hydrogen-bond donors (Lipinski definition) is 1. The first-order valence-electron chi connectivity index (χ1n) is 7.67. The minimum atomic E-state index is 0.559. The van der Waals surface area contributed by atoms with Gasteiger partial charge in [-0.1, -0.05) is 45.9 Å². The Kier molecular flexibility index (Phi) is 7.57. The Labute approximate surface area is 118 Å². The van der Waals surface area contributed by atoms with E-state index in [2.05, 4.69) is 57.3 Å². The van der Waals surface area contributed by atoms with Crippen molar-refractivity contribution in [2.45, 2.75) is 58.9 Å². The Bertz CT molecular complexity index is 347. The molecule has 0 saturated carbocycles. The molecule has 0 heterocycles. The highest BCUT2D eigenvalue weighted by molar-refractivity contribution is 5.35. The highest BCUT2D eigenvalue weighted by Crippen LogP contribution is 2.28. The van der Waals surface area contributed by atoms with Gasteiger partial charge in [-0.05, 0) is 36.8 Å². The second-order valence-electron chi connectivity index (χ2n) is 5.16. The molecule has 0 spiro atoms. The van der Waals surface area contributed by atoms with Gasteiger partial charge in [0.2, 0.25) is 0 Å². The van der Waals surface area contributed by atoms with Crippen molar-refractivity contribution >= 4 is 0 Å². The first-order chi connectivity index (χ1) is 9.22. The third-order valence-corrected chi connectivity index (χ3v) is 3.84. The number of para-hydroxylation sites is 1. The molecule has 0 aromatic heterocycles. The van der Waals surface area contributed by atoms with Crippen LogP contribution in [-0.4, -0.2) is 19.2 Å². The molecule has 0 aliphatic heterocycles. The maximum Gasteiger partial charge on any atom is 0.122 e. The molecule has 1 atom stereocenters. The van der Waals surface area contributed by atoms with Crippen molar-refractivity contribution in [1.82, 2.24) is 5.32 Å². The van der Waals surface area contributed by atoms with Crippen LogP contribution in [0.4, 0.5) is 0 Å². The summed E-state index contributed by atoms with van der Waals surface area (Å²) >= 11 is 0. The van der Waals surface area contributed by atoms with Gasteiger partial charge < -0.3 is 10.1 Å². The molecule has 1 aromatic rings. The van der Waals surface area contributed by atoms with E-state index in [1.807, 2.05) is 0 Å². The molecule has 19 heavy (non-hydrogen) atoms. The lowest BCUT2D eigenvalue weighted by atomic mass is 9.98. The molecule has 0 radical (unpaired) electrons. The van der Waals surface area contributed by atoms with Crippen molar-refractivity contribution in [3.05, 3.63) is 29.8 Å². The monoisotopic (exact) mass is 263 g/mol. The van der Waals surface area contributed by atoms with Gasteiger partial charge in [0.1, 0.15) is 12.4 Å². The molecule has 2 heteroatoms. The summed E-state index contributed by atoms with van der Waals surface area (Å²) in [4.78, 5) is 0. The molecule has 108 valence electrons. The highest BCUT2D eigenvalue weighted by atomic mass is 16.5. The fourth-order valence-electron chi connectivity index (χ4n) is 2.24. The lowest BCUT2D eigenvalue weighted by Gasteiger charge is -2.17. The fourth-order valence-corrected chi connectivity index (χ4v) is 2.24. The van der Waals surface area contributed by atoms with Crippen LogP contribution in [0.25, 0.3) is 0 Å². The van der Waals surface area contributed by atoms with E-state index in [1.165, 1.54) is 18.4 Å². The van der Waals surface area contributed by atoms with Crippen LogP contribution in [0.3, 0.4) is 0 Å². The van der Waals surface area contributed by atoms with E-state index in [1.54, 1.807) is 0 Å². The zero-order chi connectivity index (χ0) is 14.1. The van der Waals surface area contributed by atoms with Gasteiger partial charge in [0, 0.05) is 12.6 Å². The van der Waals surface area contributed by atoms with E-state index >= 15 is 0 Å². The standard InChI is InChI=1S/C17H29NO/c1-5-14(4)16-10-8-9-11-17(16)19-13-12-18-15(6-2)7-3/h8-11,14-15,18H,5-7,12-13H2,1-4H3. The van der Waals surface area contributed by atoms with E-state index in [-0.39, 0.29) is 0 Å². The summed E-state index contributed by atoms with van der Waals surface area (Å²) in [6.45, 7) is 10.6. The van der Waals surface area contributed by atoms with E-state index in [0.717, 1.165) is 25.3 Å². The summed E-state index contributed by atoms with van der Waals surface area (Å²) in [6, 6.07) is 9.02. The van der Waals surface area contributed by atoms with Gasteiger partial charge in [-0.25, -0.2) is 0 Å². The second kappa shape index (κ2) is 8.98. The van der Waals surface area contributed by atoms with Gasteiger partial charge in [-0.2, -0.15) is 0 Å². The number of rotatable bonds is 9. The van der Waals surface area contributed by atoms with Crippen molar-refractivity contribution < 1.29 is 4.74 Å². The summed E-state index contributed by atoms with van der Waals surface area (Å²) in [5.41, 5.74) is 1.33. The molecular formula is C17H29NO. The number of benzene rings is 1. The topological polar surface area (TPSA) is 21.3 Å². The van der Waals surface area contributed by atoms with E-state index in [9.17, 15) is 0 Å². The first kappa shape index (κ1) is 16.0. The molecule has 0 fully saturated rings. The van der Waals surface area contributed by atoms with Crippen LogP contribution in [0.1, 0.15) is 58.4 Å². The molecule has 1 aromatic carbocycles. The molecule has 0 saturated heterocycles. The lowest BCUT2D eigenvalue weighted by molar-refractivity contribution is 0.298. The lowest BCUT2D eigenvalue weighted by Crippen LogP contribution is -2.31. The average Bonchev–Trinajstić information content (AvgIpc) is 2.47. The van der Waals surface area contributed by atoms with Crippen molar-refractivity contribution in [2.24, 2.45) is 0 Å². The van der Waals surface area contributed by atoms with Gasteiger partial charge in [-0.3, -0.25) is 0 Å². The summed E-state index contributed by atoms with van der Waals surface area (Å²) in [5, 5.41) is 3.53. The molecule has 1 N–H and O–H groups in total. The normalized spacial score (nSPS) is 12.7. The smallest absolute Gasteiger partial charge is 0.122 e. The van der Waals surface area contributed by atoms with Crippen molar-refractivity contribution in [2.75, 3.05) is 13.2 Å². The minimum absolute atomic E-state index is 0.559. The second-order valence-corrected chi connectivity index (χ2v) is 5.16. The molecular weight excluding hydrogens is 234 g/mol. The van der Waals surface area contributed by atoms with Crippen LogP contribution in [0.15, 0.2) is 24.3 Å². The number of hydrogen-bond acceptors (Lipinski definition) is 2. The largest absolute Gasteiger partial charge is 0.492 e. The SMILES string of the molecule is CCC(CC)NCCOc1ccccc1C(C)CC. The highest BCUT2D eigenvalue weighted by Gasteiger charge is 2.09. The summed E-state index contributed by atoms with van der Waals surface area (Å²) < 4.78 is 5.94. The molecule has 0 aliphatic rings. The van der Waals surface area contributed by atoms with Crippen molar-refractivity contribution in [1.29, 1.82) is 0 Å². The van der Waals surface area contributed by atoms with Crippen LogP contribution in [0.5, 0.6) is 5.75 Å². The third kappa shape index (κ3) is 5.23. The molecule has 0 bridgehead atoms. The average molecular weight is 263 g/mol. The van der Waals surface area contributed by atoms with Gasteiger partial charge in [0.15, 0.2) is 0 Å². The quantitative estimate of drug-likeness (QED) is 0.668. The van der Waals surface area contributed by atoms with E-state index in [4.69, 9.17) is 4.74 Å². The van der Waals surface area contributed by atoms with Crippen LogP contribution in [0.2, 0.25) is 0 Å². The minimum Gasteiger partial charge on any atom is -0.492 e. The van der Waals surface area contributed by atoms with Gasteiger partial charge in [0.25, 0.3) is 0 Å². The molecule has 0 amide bonds. The Morgan fingerprint density at radius 3 is 2.37 bits per heavy atom. The Morgan fingerprint density at radius 1 is 1.05 bits per heavy atom. The summed E-state index contributed by atoms with van der Waals surface area (Å²) in [7, 11) is 0. The predicted octanol–water partition coefficient (Wildman–Crippen LogP) is 4.36. The van der Waals surface area contributed by atoms with Crippen LogP contribution >= 0.6 is 0 Å². The summed E-state index contributed by atoms with van der Waals surface area (Å²) in [5.74, 6) is 1.60. The fraction of sp³-hybridized carbons (Fsp3) is 0.647. The van der Waals surface area contributed by atoms with E-state index in [0.29, 0.717) is 12.0 Å². The van der Waals surface area contributed by atoms with Crippen molar-refractivity contribution in [3.8, 4) is 5.75 Å². The van der Waals surface area contributed by atoms with Gasteiger partial charge in [0.05, 0.1) is 0 Å². The Morgan fingerprint density at radius 2 is 1.74 bits per heavy atom. The molecule has 1 unspecified atom stereocenters. The van der Waals surface area contributed by atoms with Gasteiger partial charge >= 0.3 is 0 Å². The maximum absolute atomic E-state index is 5.94. The zero-order valence-electron chi connectivity index (χ0n) is 12.9. The maximum atomic E-state index is 5.94. The Balaban J connectivity index is 2.45. The van der Waals surface area contributed by atoms with E-state index < -0.39 is 0 Å². The zero-order valence-corrected chi connectivity index (χ0v) is 12.9. The summed E-state index contributed by atoms with van der Waals surface area (Å²) in [6.07, 6.45) is 3.51. The van der Waals surface area contributed by atoms with Crippen LogP contribution < -0.4 is 10.1 Å². The molecule has 2 nitrogen and oxygen atoms in total. The van der Waals surface area contributed by atoms with Crippen LogP contribution in [0, 0.1) is 0 Å². The molecule has 0 aliphatic carbocycles. The third-order valence-electron chi connectivity index (χ3n) is 3.84. The van der Waals surface area contributed by atoms with Crippen LogP contribution in [-0.2, 0) is 0 Å². The number of ether oxygens (including phenoxy) is 1. The van der Waals surface area contributed by atoms with Gasteiger partial charge in [-0.15, -0.1) is 0 Å². The Hall–Kier alpha value is -1.02. The molecule has 1 rings (SSSR count). The van der Waals surface area contributed by atoms with Crippen molar-refractivity contribution in [3.63, 3.8) is 0 Å². The predicted molar refractivity (Wildman–Crippen MR) is 83.0 cm³/mol.